The molecule has 0 saturated heterocycles. The zero-order valence-electron chi connectivity index (χ0n) is 10.8. The van der Waals surface area contributed by atoms with E-state index in [0.29, 0.717) is 16.6 Å². The number of anilines is 1. The molecular weight excluding hydrogens is 237 g/mol. The lowest BCUT2D eigenvalue weighted by Crippen LogP contribution is -2.22. The van der Waals surface area contributed by atoms with Gasteiger partial charge in [-0.2, -0.15) is 0 Å². The van der Waals surface area contributed by atoms with Crippen molar-refractivity contribution in [3.05, 3.63) is 29.0 Å². The first-order chi connectivity index (χ1) is 8.08. The number of halogens is 2. The van der Waals surface area contributed by atoms with E-state index in [9.17, 15) is 4.39 Å². The van der Waals surface area contributed by atoms with Gasteiger partial charge in [-0.1, -0.05) is 44.9 Å². The summed E-state index contributed by atoms with van der Waals surface area (Å²) < 4.78 is 13.6. The van der Waals surface area contributed by atoms with E-state index >= 15 is 0 Å². The standard InChI is InChI=1S/C14H21ClFN/c1-4-10(3)9-11(5-2)17-14-12(15)7-6-8-13(14)16/h6-8,10-11,17H,4-5,9H2,1-3H3. The smallest absolute Gasteiger partial charge is 0.147 e. The fraction of sp³-hybridized carbons (Fsp3) is 0.571. The Hall–Kier alpha value is -0.760. The molecule has 0 amide bonds. The van der Waals surface area contributed by atoms with E-state index in [1.807, 2.05) is 0 Å². The van der Waals surface area contributed by atoms with Crippen molar-refractivity contribution in [3.8, 4) is 0 Å². The predicted molar refractivity (Wildman–Crippen MR) is 73.2 cm³/mol. The van der Waals surface area contributed by atoms with E-state index < -0.39 is 0 Å². The van der Waals surface area contributed by atoms with Gasteiger partial charge in [-0.25, -0.2) is 4.39 Å². The number of hydrogen-bond donors (Lipinski definition) is 1. The third-order valence-corrected chi connectivity index (χ3v) is 3.50. The lowest BCUT2D eigenvalue weighted by atomic mass is 9.97. The van der Waals surface area contributed by atoms with E-state index in [1.54, 1.807) is 12.1 Å². The maximum absolute atomic E-state index is 13.6. The van der Waals surface area contributed by atoms with Gasteiger partial charge in [0.15, 0.2) is 0 Å². The highest BCUT2D eigenvalue weighted by Crippen LogP contribution is 2.27. The molecule has 0 radical (unpaired) electrons. The molecule has 1 rings (SSSR count). The summed E-state index contributed by atoms with van der Waals surface area (Å²) in [5, 5.41) is 3.68. The molecule has 96 valence electrons. The molecule has 3 heteroatoms. The molecule has 0 fully saturated rings. The Morgan fingerprint density at radius 1 is 1.29 bits per heavy atom. The largest absolute Gasteiger partial charge is 0.379 e. The molecule has 0 heterocycles. The maximum atomic E-state index is 13.6. The van der Waals surface area contributed by atoms with E-state index in [2.05, 4.69) is 26.1 Å². The van der Waals surface area contributed by atoms with Crippen LogP contribution in [0.2, 0.25) is 5.02 Å². The molecule has 0 aliphatic heterocycles. The van der Waals surface area contributed by atoms with Gasteiger partial charge in [0.1, 0.15) is 5.82 Å². The van der Waals surface area contributed by atoms with Gasteiger partial charge in [0, 0.05) is 6.04 Å². The Bertz CT molecular complexity index is 334. The lowest BCUT2D eigenvalue weighted by molar-refractivity contribution is 0.460. The highest BCUT2D eigenvalue weighted by atomic mass is 35.5. The third-order valence-electron chi connectivity index (χ3n) is 3.19. The Morgan fingerprint density at radius 3 is 2.53 bits per heavy atom. The number of para-hydroxylation sites is 1. The van der Waals surface area contributed by atoms with Gasteiger partial charge in [0.25, 0.3) is 0 Å². The van der Waals surface area contributed by atoms with Crippen LogP contribution in [-0.4, -0.2) is 6.04 Å². The number of benzene rings is 1. The second kappa shape index (κ2) is 6.85. The van der Waals surface area contributed by atoms with Crippen LogP contribution in [-0.2, 0) is 0 Å². The number of rotatable bonds is 6. The van der Waals surface area contributed by atoms with Crippen molar-refractivity contribution in [2.45, 2.75) is 46.1 Å². The van der Waals surface area contributed by atoms with Crippen LogP contribution in [0.15, 0.2) is 18.2 Å². The normalized spacial score (nSPS) is 14.4. The van der Waals surface area contributed by atoms with E-state index in [-0.39, 0.29) is 11.9 Å². The van der Waals surface area contributed by atoms with E-state index in [1.165, 1.54) is 6.07 Å². The van der Waals surface area contributed by atoms with Crippen LogP contribution in [0.1, 0.15) is 40.0 Å². The topological polar surface area (TPSA) is 12.0 Å². The van der Waals surface area contributed by atoms with Crippen LogP contribution in [0.4, 0.5) is 10.1 Å². The molecule has 0 aliphatic carbocycles. The van der Waals surface area contributed by atoms with Crippen LogP contribution in [0, 0.1) is 11.7 Å². The van der Waals surface area contributed by atoms with Gasteiger partial charge in [0.05, 0.1) is 10.7 Å². The monoisotopic (exact) mass is 257 g/mol. The van der Waals surface area contributed by atoms with Crippen molar-refractivity contribution < 1.29 is 4.39 Å². The first kappa shape index (κ1) is 14.3. The summed E-state index contributed by atoms with van der Waals surface area (Å²) >= 11 is 6.00. The molecule has 17 heavy (non-hydrogen) atoms. The Balaban J connectivity index is 2.73. The summed E-state index contributed by atoms with van der Waals surface area (Å²) in [7, 11) is 0. The summed E-state index contributed by atoms with van der Waals surface area (Å²) in [4.78, 5) is 0. The molecule has 1 nitrogen and oxygen atoms in total. The van der Waals surface area contributed by atoms with Crippen molar-refractivity contribution in [2.75, 3.05) is 5.32 Å². The van der Waals surface area contributed by atoms with Crippen LogP contribution in [0.25, 0.3) is 0 Å². The molecule has 1 aromatic carbocycles. The Kier molecular flexibility index (Phi) is 5.76. The van der Waals surface area contributed by atoms with Crippen LogP contribution < -0.4 is 5.32 Å². The predicted octanol–water partition coefficient (Wildman–Crippen LogP) is 5.11. The first-order valence-corrected chi connectivity index (χ1v) is 6.66. The molecular formula is C14H21ClFN. The van der Waals surface area contributed by atoms with Gasteiger partial charge in [-0.15, -0.1) is 0 Å². The molecule has 1 aromatic rings. The van der Waals surface area contributed by atoms with Crippen LogP contribution >= 0.6 is 11.6 Å². The zero-order valence-corrected chi connectivity index (χ0v) is 11.5. The minimum atomic E-state index is -0.278. The van der Waals surface area contributed by atoms with E-state index in [0.717, 1.165) is 19.3 Å². The van der Waals surface area contributed by atoms with Crippen molar-refractivity contribution in [1.29, 1.82) is 0 Å². The Labute approximate surface area is 108 Å². The van der Waals surface area contributed by atoms with E-state index in [4.69, 9.17) is 11.6 Å². The minimum Gasteiger partial charge on any atom is -0.379 e. The van der Waals surface area contributed by atoms with Crippen molar-refractivity contribution in [3.63, 3.8) is 0 Å². The van der Waals surface area contributed by atoms with Crippen molar-refractivity contribution in [1.82, 2.24) is 0 Å². The van der Waals surface area contributed by atoms with Gasteiger partial charge in [-0.05, 0) is 30.9 Å². The summed E-state index contributed by atoms with van der Waals surface area (Å²) in [5.41, 5.74) is 0.435. The number of nitrogens with one attached hydrogen (secondary N) is 1. The second-order valence-electron chi connectivity index (χ2n) is 4.60. The molecule has 0 bridgehead atoms. The minimum absolute atomic E-state index is 0.277. The van der Waals surface area contributed by atoms with Gasteiger partial charge < -0.3 is 5.32 Å². The summed E-state index contributed by atoms with van der Waals surface area (Å²) in [6.45, 7) is 6.50. The average molecular weight is 258 g/mol. The first-order valence-electron chi connectivity index (χ1n) is 6.29. The summed E-state index contributed by atoms with van der Waals surface area (Å²) in [5.74, 6) is 0.359. The van der Waals surface area contributed by atoms with Gasteiger partial charge in [-0.3, -0.25) is 0 Å². The number of hydrogen-bond acceptors (Lipinski definition) is 1. The fourth-order valence-corrected chi connectivity index (χ4v) is 2.04. The quantitative estimate of drug-likeness (QED) is 0.747. The molecule has 0 saturated carbocycles. The molecule has 2 atom stereocenters. The molecule has 2 unspecified atom stereocenters. The van der Waals surface area contributed by atoms with Gasteiger partial charge in [0.2, 0.25) is 0 Å². The lowest BCUT2D eigenvalue weighted by Gasteiger charge is -2.22. The maximum Gasteiger partial charge on any atom is 0.147 e. The SMILES string of the molecule is CCC(C)CC(CC)Nc1c(F)cccc1Cl. The van der Waals surface area contributed by atoms with Crippen LogP contribution in [0.3, 0.4) is 0 Å². The summed E-state index contributed by atoms with van der Waals surface area (Å²) in [6.07, 6.45) is 3.15. The molecule has 0 spiro atoms. The summed E-state index contributed by atoms with van der Waals surface area (Å²) in [6, 6.07) is 5.05. The van der Waals surface area contributed by atoms with Gasteiger partial charge >= 0.3 is 0 Å². The molecule has 1 N–H and O–H groups in total. The second-order valence-corrected chi connectivity index (χ2v) is 5.00. The highest BCUT2D eigenvalue weighted by molar-refractivity contribution is 6.33. The van der Waals surface area contributed by atoms with Crippen molar-refractivity contribution >= 4 is 17.3 Å². The van der Waals surface area contributed by atoms with Crippen LogP contribution in [0.5, 0.6) is 0 Å². The highest BCUT2D eigenvalue weighted by Gasteiger charge is 2.14. The zero-order chi connectivity index (χ0) is 12.8. The average Bonchev–Trinajstić information content (AvgIpc) is 2.32. The third kappa shape index (κ3) is 4.19. The van der Waals surface area contributed by atoms with Crippen molar-refractivity contribution in [2.24, 2.45) is 5.92 Å². The fourth-order valence-electron chi connectivity index (χ4n) is 1.82. The molecule has 0 aromatic heterocycles. The Morgan fingerprint density at radius 2 is 2.00 bits per heavy atom. The molecule has 0 aliphatic rings.